The molecule has 0 amide bonds. The Hall–Kier alpha value is -1.87. The Kier molecular flexibility index (Phi) is 4.97. The minimum absolute atomic E-state index is 0.00978. The summed E-state index contributed by atoms with van der Waals surface area (Å²) in [5.41, 5.74) is 4.67. The second kappa shape index (κ2) is 6.72. The molecule has 0 bridgehead atoms. The van der Waals surface area contributed by atoms with Gasteiger partial charge in [0, 0.05) is 18.2 Å². The number of aryl methyl sites for hydroxylation is 1. The number of nitrogens with one attached hydrogen (secondary N) is 1. The Balaban J connectivity index is 2.13. The van der Waals surface area contributed by atoms with Gasteiger partial charge in [0.2, 0.25) is 0 Å². The Labute approximate surface area is 126 Å². The minimum atomic E-state index is -0.244. The molecule has 0 radical (unpaired) electrons. The number of ether oxygens (including phenoxy) is 1. The van der Waals surface area contributed by atoms with E-state index in [0.29, 0.717) is 5.75 Å². The summed E-state index contributed by atoms with van der Waals surface area (Å²) in [5, 5.41) is 3.44. The van der Waals surface area contributed by atoms with E-state index in [2.05, 4.69) is 37.4 Å². The van der Waals surface area contributed by atoms with Crippen LogP contribution in [0.4, 0.5) is 4.39 Å². The van der Waals surface area contributed by atoms with Crippen molar-refractivity contribution in [2.75, 3.05) is 7.11 Å². The van der Waals surface area contributed by atoms with E-state index in [4.69, 9.17) is 4.74 Å². The summed E-state index contributed by atoms with van der Waals surface area (Å²) >= 11 is 0. The van der Waals surface area contributed by atoms with Crippen LogP contribution in [0.5, 0.6) is 5.75 Å². The number of benzene rings is 2. The molecule has 1 unspecified atom stereocenters. The Morgan fingerprint density at radius 3 is 2.67 bits per heavy atom. The van der Waals surface area contributed by atoms with Gasteiger partial charge < -0.3 is 10.1 Å². The maximum atomic E-state index is 13.4. The van der Waals surface area contributed by atoms with Crippen LogP contribution < -0.4 is 10.1 Å². The van der Waals surface area contributed by atoms with Gasteiger partial charge in [-0.2, -0.15) is 0 Å². The zero-order valence-electron chi connectivity index (χ0n) is 13.0. The molecule has 0 aliphatic heterocycles. The zero-order valence-corrected chi connectivity index (χ0v) is 13.0. The van der Waals surface area contributed by atoms with Gasteiger partial charge in [0.1, 0.15) is 11.6 Å². The molecule has 2 aromatic carbocycles. The first kappa shape index (κ1) is 15.5. The van der Waals surface area contributed by atoms with E-state index in [1.54, 1.807) is 13.2 Å². The van der Waals surface area contributed by atoms with Crippen molar-refractivity contribution in [1.82, 2.24) is 5.32 Å². The van der Waals surface area contributed by atoms with E-state index < -0.39 is 0 Å². The summed E-state index contributed by atoms with van der Waals surface area (Å²) in [6, 6.07) is 10.9. The molecule has 0 saturated carbocycles. The van der Waals surface area contributed by atoms with E-state index >= 15 is 0 Å². The van der Waals surface area contributed by atoms with Crippen LogP contribution in [-0.2, 0) is 6.54 Å². The maximum absolute atomic E-state index is 13.4. The summed E-state index contributed by atoms with van der Waals surface area (Å²) in [5.74, 6) is 0.462. The van der Waals surface area contributed by atoms with Crippen LogP contribution in [0.25, 0.3) is 0 Å². The van der Waals surface area contributed by atoms with Crippen LogP contribution in [0, 0.1) is 19.7 Å². The average molecular weight is 287 g/mol. The third-order valence-corrected chi connectivity index (χ3v) is 3.97. The SMILES string of the molecule is COc1ccc(F)cc1C(C)NCc1cccc(C)c1C. The summed E-state index contributed by atoms with van der Waals surface area (Å²) < 4.78 is 18.8. The van der Waals surface area contributed by atoms with Crippen molar-refractivity contribution in [3.8, 4) is 5.75 Å². The molecule has 3 heteroatoms. The van der Waals surface area contributed by atoms with Gasteiger partial charge in [-0.25, -0.2) is 4.39 Å². The molecule has 1 atom stereocenters. The molecule has 1 N–H and O–H groups in total. The molecule has 0 spiro atoms. The summed E-state index contributed by atoms with van der Waals surface area (Å²) in [4.78, 5) is 0. The van der Waals surface area contributed by atoms with Crippen LogP contribution in [0.15, 0.2) is 36.4 Å². The third-order valence-electron chi connectivity index (χ3n) is 3.97. The van der Waals surface area contributed by atoms with Crippen molar-refractivity contribution >= 4 is 0 Å². The third kappa shape index (κ3) is 3.61. The molecule has 0 aromatic heterocycles. The first-order valence-corrected chi connectivity index (χ1v) is 7.15. The predicted molar refractivity (Wildman–Crippen MR) is 84.1 cm³/mol. The van der Waals surface area contributed by atoms with Crippen molar-refractivity contribution in [2.45, 2.75) is 33.4 Å². The van der Waals surface area contributed by atoms with Gasteiger partial charge in [0.15, 0.2) is 0 Å². The molecule has 0 heterocycles. The lowest BCUT2D eigenvalue weighted by molar-refractivity contribution is 0.399. The van der Waals surface area contributed by atoms with Crippen molar-refractivity contribution in [3.63, 3.8) is 0 Å². The highest BCUT2D eigenvalue weighted by Crippen LogP contribution is 2.26. The van der Waals surface area contributed by atoms with Gasteiger partial charge >= 0.3 is 0 Å². The van der Waals surface area contributed by atoms with Crippen molar-refractivity contribution < 1.29 is 9.13 Å². The van der Waals surface area contributed by atoms with Gasteiger partial charge in [-0.1, -0.05) is 18.2 Å². The standard InChI is InChI=1S/C18H22FNO/c1-12-6-5-7-15(13(12)2)11-20-14(3)17-10-16(19)8-9-18(17)21-4/h5-10,14,20H,11H2,1-4H3. The molecule has 21 heavy (non-hydrogen) atoms. The Morgan fingerprint density at radius 2 is 1.95 bits per heavy atom. The van der Waals surface area contributed by atoms with Crippen molar-refractivity contribution in [3.05, 3.63) is 64.5 Å². The number of methoxy groups -OCH3 is 1. The predicted octanol–water partition coefficient (Wildman–Crippen LogP) is 4.30. The Morgan fingerprint density at radius 1 is 1.19 bits per heavy atom. The summed E-state index contributed by atoms with van der Waals surface area (Å²) in [7, 11) is 1.61. The molecular formula is C18H22FNO. The van der Waals surface area contributed by atoms with Crippen LogP contribution in [0.1, 0.15) is 35.2 Å². The highest BCUT2D eigenvalue weighted by molar-refractivity contribution is 5.37. The fourth-order valence-corrected chi connectivity index (χ4v) is 2.42. The molecule has 2 rings (SSSR count). The van der Waals surface area contributed by atoms with E-state index in [9.17, 15) is 4.39 Å². The highest BCUT2D eigenvalue weighted by Gasteiger charge is 2.12. The van der Waals surface area contributed by atoms with Gasteiger partial charge in [-0.3, -0.25) is 0 Å². The lowest BCUT2D eigenvalue weighted by Gasteiger charge is -2.18. The van der Waals surface area contributed by atoms with Crippen molar-refractivity contribution in [1.29, 1.82) is 0 Å². The first-order valence-electron chi connectivity index (χ1n) is 7.15. The van der Waals surface area contributed by atoms with Crippen LogP contribution in [0.2, 0.25) is 0 Å². The normalized spacial score (nSPS) is 12.2. The van der Waals surface area contributed by atoms with E-state index in [1.165, 1.54) is 28.8 Å². The van der Waals surface area contributed by atoms with Gasteiger partial charge in [0.05, 0.1) is 7.11 Å². The highest BCUT2D eigenvalue weighted by atomic mass is 19.1. The lowest BCUT2D eigenvalue weighted by Crippen LogP contribution is -2.19. The molecule has 2 nitrogen and oxygen atoms in total. The second-order valence-corrected chi connectivity index (χ2v) is 5.35. The van der Waals surface area contributed by atoms with Gasteiger partial charge in [-0.15, -0.1) is 0 Å². The molecule has 0 aliphatic rings. The molecule has 112 valence electrons. The van der Waals surface area contributed by atoms with E-state index in [1.807, 2.05) is 6.92 Å². The molecule has 0 fully saturated rings. The molecule has 0 saturated heterocycles. The summed E-state index contributed by atoms with van der Waals surface area (Å²) in [6.07, 6.45) is 0. The fourth-order valence-electron chi connectivity index (χ4n) is 2.42. The van der Waals surface area contributed by atoms with E-state index in [-0.39, 0.29) is 11.9 Å². The first-order chi connectivity index (χ1) is 10.0. The fraction of sp³-hybridized carbons (Fsp3) is 0.333. The van der Waals surface area contributed by atoms with E-state index in [0.717, 1.165) is 12.1 Å². The van der Waals surface area contributed by atoms with Gasteiger partial charge in [-0.05, 0) is 55.7 Å². The molecule has 2 aromatic rings. The topological polar surface area (TPSA) is 21.3 Å². The zero-order chi connectivity index (χ0) is 15.4. The maximum Gasteiger partial charge on any atom is 0.123 e. The average Bonchev–Trinajstić information content (AvgIpc) is 2.48. The van der Waals surface area contributed by atoms with Crippen LogP contribution in [-0.4, -0.2) is 7.11 Å². The quantitative estimate of drug-likeness (QED) is 0.885. The minimum Gasteiger partial charge on any atom is -0.496 e. The summed E-state index contributed by atoms with van der Waals surface area (Å²) in [6.45, 7) is 6.99. The monoisotopic (exact) mass is 287 g/mol. The number of rotatable bonds is 5. The van der Waals surface area contributed by atoms with Crippen molar-refractivity contribution in [2.24, 2.45) is 0 Å². The van der Waals surface area contributed by atoms with Crippen LogP contribution in [0.3, 0.4) is 0 Å². The smallest absolute Gasteiger partial charge is 0.123 e. The molecule has 0 aliphatic carbocycles. The molecular weight excluding hydrogens is 265 g/mol. The lowest BCUT2D eigenvalue weighted by atomic mass is 10.0. The second-order valence-electron chi connectivity index (χ2n) is 5.35. The van der Waals surface area contributed by atoms with Crippen LogP contribution >= 0.6 is 0 Å². The number of hydrogen-bond acceptors (Lipinski definition) is 2. The number of halogens is 1. The Bertz CT molecular complexity index is 625. The van der Waals surface area contributed by atoms with Gasteiger partial charge in [0.25, 0.3) is 0 Å². The number of hydrogen-bond donors (Lipinski definition) is 1. The largest absolute Gasteiger partial charge is 0.496 e.